The quantitative estimate of drug-likeness (QED) is 0.660. The number of anilines is 1. The molecule has 1 amide bonds. The largest absolute Gasteiger partial charge is 0.490 e. The maximum Gasteiger partial charge on any atom is 0.226 e. The highest BCUT2D eigenvalue weighted by Gasteiger charge is 2.46. The molecule has 1 aromatic rings. The van der Waals surface area contributed by atoms with E-state index in [2.05, 4.69) is 6.92 Å². The van der Waals surface area contributed by atoms with Gasteiger partial charge in [0.1, 0.15) is 11.9 Å². The highest BCUT2D eigenvalue weighted by Crippen LogP contribution is 2.47. The molecule has 0 aromatic heterocycles. The van der Waals surface area contributed by atoms with Crippen LogP contribution < -0.4 is 9.64 Å². The molecule has 2 aliphatic heterocycles. The fourth-order valence-electron chi connectivity index (χ4n) is 5.02. The number of carbonyl (C=O) groups excluding carboxylic acids is 1. The lowest BCUT2D eigenvalue weighted by Crippen LogP contribution is -2.48. The van der Waals surface area contributed by atoms with Crippen LogP contribution in [0.3, 0.4) is 0 Å². The summed E-state index contributed by atoms with van der Waals surface area (Å²) in [5, 5.41) is 9.57. The van der Waals surface area contributed by atoms with Gasteiger partial charge in [-0.25, -0.2) is 0 Å². The molecule has 2 N–H and O–H groups in total. The summed E-state index contributed by atoms with van der Waals surface area (Å²) in [4.78, 5) is 25.4. The normalized spacial score (nSPS) is 26.4. The summed E-state index contributed by atoms with van der Waals surface area (Å²) in [6.45, 7) is 6.65. The molecular weight excluding hydrogens is 398 g/mol. The van der Waals surface area contributed by atoms with E-state index >= 15 is 0 Å². The highest BCUT2D eigenvalue weighted by atomic mass is 28.4. The Morgan fingerprint density at radius 3 is 2.67 bits per heavy atom. The molecule has 0 radical (unpaired) electrons. The van der Waals surface area contributed by atoms with Crippen LogP contribution in [-0.2, 0) is 9.53 Å². The molecule has 0 bridgehead atoms. The van der Waals surface area contributed by atoms with Crippen molar-refractivity contribution < 1.29 is 24.2 Å². The second kappa shape index (κ2) is 9.81. The zero-order valence-electron chi connectivity index (χ0n) is 18.8. The number of aliphatic hydroxyl groups is 1. The van der Waals surface area contributed by atoms with Gasteiger partial charge in [-0.15, -0.1) is 0 Å². The first-order chi connectivity index (χ1) is 14.3. The molecule has 1 fully saturated rings. The summed E-state index contributed by atoms with van der Waals surface area (Å²) >= 11 is 0. The Labute approximate surface area is 181 Å². The Hall–Kier alpha value is -1.41. The Kier molecular flexibility index (Phi) is 7.60. The van der Waals surface area contributed by atoms with Gasteiger partial charge in [-0.1, -0.05) is 19.8 Å². The van der Waals surface area contributed by atoms with Gasteiger partial charge in [0.2, 0.25) is 5.91 Å². The molecule has 0 spiro atoms. The van der Waals surface area contributed by atoms with Crippen molar-refractivity contribution in [2.75, 3.05) is 25.2 Å². The van der Waals surface area contributed by atoms with E-state index in [0.717, 1.165) is 49.2 Å². The Balaban J connectivity index is 1.93. The minimum absolute atomic E-state index is 0.0104. The number of hydrogen-bond acceptors (Lipinski definition) is 5. The van der Waals surface area contributed by atoms with E-state index in [4.69, 9.17) is 9.47 Å². The fourth-order valence-corrected chi connectivity index (χ4v) is 7.04. The number of nitrogens with zero attached hydrogens (tertiary/aromatic N) is 1. The zero-order valence-corrected chi connectivity index (χ0v) is 19.8. The molecule has 1 aromatic carbocycles. The van der Waals surface area contributed by atoms with Gasteiger partial charge in [-0.2, -0.15) is 0 Å². The summed E-state index contributed by atoms with van der Waals surface area (Å²) in [5.74, 6) is 0.938. The molecule has 0 saturated carbocycles. The first-order valence-corrected chi connectivity index (χ1v) is 14.3. The molecule has 1 unspecified atom stereocenters. The maximum absolute atomic E-state index is 12.7. The Bertz CT molecular complexity index is 735. The van der Waals surface area contributed by atoms with Crippen LogP contribution in [0, 0.1) is 5.92 Å². The van der Waals surface area contributed by atoms with Crippen molar-refractivity contribution in [3.8, 4) is 5.75 Å². The van der Waals surface area contributed by atoms with Crippen molar-refractivity contribution in [3.63, 3.8) is 0 Å². The van der Waals surface area contributed by atoms with Gasteiger partial charge in [0, 0.05) is 49.4 Å². The summed E-state index contributed by atoms with van der Waals surface area (Å²) in [5.41, 5.74) is 1.76. The summed E-state index contributed by atoms with van der Waals surface area (Å²) in [6.07, 6.45) is 4.94. The molecule has 4 atom stereocenters. The van der Waals surface area contributed by atoms with E-state index in [-0.39, 0.29) is 36.2 Å². The van der Waals surface area contributed by atoms with Crippen LogP contribution in [0.5, 0.6) is 5.75 Å². The number of aliphatic hydroxyl groups excluding tert-OH is 1. The lowest BCUT2D eigenvalue weighted by Gasteiger charge is -2.44. The van der Waals surface area contributed by atoms with Crippen molar-refractivity contribution in [2.24, 2.45) is 5.92 Å². The predicted molar refractivity (Wildman–Crippen MR) is 120 cm³/mol. The van der Waals surface area contributed by atoms with E-state index in [1.54, 1.807) is 7.11 Å². The Morgan fingerprint density at radius 2 is 2.00 bits per heavy atom. The summed E-state index contributed by atoms with van der Waals surface area (Å²) in [6, 6.07) is 5.93. The first kappa shape index (κ1) is 23.3. The minimum atomic E-state index is -2.55. The fraction of sp³-hybridized carbons (Fsp3) is 0.696. The number of carbonyl (C=O) groups is 1. The third kappa shape index (κ3) is 4.90. The number of benzene rings is 1. The molecule has 0 aliphatic carbocycles. The SMILES string of the molecule is CO[C@@H]1c2cc(N3CCCCCCC3=O)ccc2O[C@H](C(CCO)[Si](C)(C)O)[C@H]1C. The standard InChI is InChI=1S/C23H37NO5Si/c1-16-22(28-2)18-15-17(24-13-8-6-5-7-9-21(24)26)10-11-19(18)29-23(16)20(12-14-25)30(3,4)27/h10-11,15-16,20,22-23,25,27H,5-9,12-14H2,1-4H3/t16-,20?,22-,23-/m0/s1. The van der Waals surface area contributed by atoms with Crippen LogP contribution in [0.1, 0.15) is 57.1 Å². The number of amides is 1. The van der Waals surface area contributed by atoms with Crippen LogP contribution in [0.25, 0.3) is 0 Å². The topological polar surface area (TPSA) is 79.2 Å². The van der Waals surface area contributed by atoms with Crippen molar-refractivity contribution >= 4 is 19.9 Å². The van der Waals surface area contributed by atoms with Crippen molar-refractivity contribution in [2.45, 2.75) is 76.3 Å². The van der Waals surface area contributed by atoms with Gasteiger partial charge in [0.25, 0.3) is 0 Å². The lowest BCUT2D eigenvalue weighted by atomic mass is 9.86. The van der Waals surface area contributed by atoms with Crippen LogP contribution in [0.2, 0.25) is 18.6 Å². The molecule has 30 heavy (non-hydrogen) atoms. The van der Waals surface area contributed by atoms with E-state index in [1.165, 1.54) is 0 Å². The molecule has 2 aliphatic rings. The van der Waals surface area contributed by atoms with Crippen molar-refractivity contribution in [1.29, 1.82) is 0 Å². The highest BCUT2D eigenvalue weighted by molar-refractivity contribution is 6.71. The second-order valence-corrected chi connectivity index (χ2v) is 13.4. The molecule has 3 rings (SSSR count). The molecule has 2 heterocycles. The second-order valence-electron chi connectivity index (χ2n) is 9.30. The number of hydrogen-bond donors (Lipinski definition) is 2. The van der Waals surface area contributed by atoms with E-state index in [0.29, 0.717) is 12.8 Å². The van der Waals surface area contributed by atoms with Crippen molar-refractivity contribution in [3.05, 3.63) is 23.8 Å². The average Bonchev–Trinajstić information content (AvgIpc) is 2.68. The number of fused-ring (bicyclic) bond motifs is 1. The number of methoxy groups -OCH3 is 1. The van der Waals surface area contributed by atoms with Gasteiger partial charge in [0.15, 0.2) is 8.32 Å². The van der Waals surface area contributed by atoms with Crippen LogP contribution >= 0.6 is 0 Å². The number of ether oxygens (including phenoxy) is 2. The van der Waals surface area contributed by atoms with E-state index in [9.17, 15) is 14.7 Å². The molecular formula is C23H37NO5Si. The van der Waals surface area contributed by atoms with E-state index in [1.807, 2.05) is 36.2 Å². The summed E-state index contributed by atoms with van der Waals surface area (Å²) in [7, 11) is -0.853. The van der Waals surface area contributed by atoms with Gasteiger partial charge >= 0.3 is 0 Å². The minimum Gasteiger partial charge on any atom is -0.490 e. The zero-order chi connectivity index (χ0) is 21.9. The third-order valence-electron chi connectivity index (χ3n) is 6.69. The van der Waals surface area contributed by atoms with E-state index < -0.39 is 8.32 Å². The smallest absolute Gasteiger partial charge is 0.226 e. The van der Waals surface area contributed by atoms with Gasteiger partial charge < -0.3 is 24.3 Å². The average molecular weight is 436 g/mol. The predicted octanol–water partition coefficient (Wildman–Crippen LogP) is 4.02. The van der Waals surface area contributed by atoms with Crippen LogP contribution in [-0.4, -0.2) is 50.5 Å². The first-order valence-electron chi connectivity index (χ1n) is 11.2. The Morgan fingerprint density at radius 1 is 1.27 bits per heavy atom. The van der Waals surface area contributed by atoms with Crippen molar-refractivity contribution in [1.82, 2.24) is 0 Å². The summed E-state index contributed by atoms with van der Waals surface area (Å²) < 4.78 is 12.3. The lowest BCUT2D eigenvalue weighted by molar-refractivity contribution is -0.118. The number of rotatable bonds is 6. The van der Waals surface area contributed by atoms with Gasteiger partial charge in [-0.3, -0.25) is 4.79 Å². The molecule has 168 valence electrons. The maximum atomic E-state index is 12.7. The molecule has 1 saturated heterocycles. The third-order valence-corrected chi connectivity index (χ3v) is 9.12. The monoisotopic (exact) mass is 435 g/mol. The molecule has 6 nitrogen and oxygen atoms in total. The van der Waals surface area contributed by atoms with Crippen LogP contribution in [0.4, 0.5) is 5.69 Å². The van der Waals surface area contributed by atoms with Gasteiger partial charge in [-0.05, 0) is 50.6 Å². The molecule has 7 heteroatoms. The van der Waals surface area contributed by atoms with Crippen LogP contribution in [0.15, 0.2) is 18.2 Å². The van der Waals surface area contributed by atoms with Gasteiger partial charge in [0.05, 0.1) is 6.10 Å².